The lowest BCUT2D eigenvalue weighted by atomic mass is 9.43. The zero-order valence-corrected chi connectivity index (χ0v) is 42.9. The van der Waals surface area contributed by atoms with Gasteiger partial charge >= 0.3 is 6.85 Å². The minimum absolute atomic E-state index is 0.00639. The Morgan fingerprint density at radius 1 is 0.400 bits per heavy atom. The average molecular weight is 909 g/mol. The normalized spacial score (nSPS) is 13.4. The van der Waals surface area contributed by atoms with Crippen LogP contribution in [-0.4, -0.2) is 6.85 Å². The minimum Gasteiger partial charge on any atom is -0.376 e. The minimum atomic E-state index is -0.123. The van der Waals surface area contributed by atoms with Gasteiger partial charge in [-0.1, -0.05) is 202 Å². The van der Waals surface area contributed by atoms with Gasteiger partial charge in [0.1, 0.15) is 0 Å². The molecule has 0 spiro atoms. The molecule has 0 N–H and O–H groups in total. The molecule has 0 atom stereocenters. The maximum absolute atomic E-state index is 2.67. The van der Waals surface area contributed by atoms with E-state index in [0.29, 0.717) is 0 Å². The molecule has 70 heavy (non-hydrogen) atoms. The fourth-order valence-corrected chi connectivity index (χ4v) is 11.3. The van der Waals surface area contributed by atoms with Crippen LogP contribution in [0.5, 0.6) is 0 Å². The van der Waals surface area contributed by atoms with Gasteiger partial charge in [-0.2, -0.15) is 0 Å². The smallest absolute Gasteiger partial charge is 0.333 e. The molecular formula is C67H65BN2. The Balaban J connectivity index is 1.21. The summed E-state index contributed by atoms with van der Waals surface area (Å²) >= 11 is 0. The highest BCUT2D eigenvalue weighted by molar-refractivity contribution is 6.93. The van der Waals surface area contributed by atoms with Gasteiger partial charge in [-0.05, 0) is 162 Å². The summed E-state index contributed by atoms with van der Waals surface area (Å²) < 4.78 is 0. The van der Waals surface area contributed by atoms with Crippen molar-refractivity contribution in [3.63, 3.8) is 0 Å². The van der Waals surface area contributed by atoms with Crippen LogP contribution in [0.1, 0.15) is 113 Å². The maximum atomic E-state index is 2.67. The molecule has 3 heteroatoms. The van der Waals surface area contributed by atoms with Crippen molar-refractivity contribution >= 4 is 57.0 Å². The van der Waals surface area contributed by atoms with Crippen molar-refractivity contribution < 1.29 is 0 Å². The van der Waals surface area contributed by atoms with Gasteiger partial charge in [0, 0.05) is 39.9 Å². The van der Waals surface area contributed by atoms with Gasteiger partial charge in [0.25, 0.3) is 0 Å². The first-order valence-corrected chi connectivity index (χ1v) is 25.3. The van der Waals surface area contributed by atoms with Gasteiger partial charge < -0.3 is 9.71 Å². The molecule has 0 unspecified atom stereocenters. The van der Waals surface area contributed by atoms with E-state index in [-0.39, 0.29) is 29.0 Å². The first kappa shape index (κ1) is 45.4. The number of benzene rings is 9. The van der Waals surface area contributed by atoms with Crippen LogP contribution in [0, 0.1) is 13.8 Å². The Morgan fingerprint density at radius 2 is 0.929 bits per heavy atom. The second kappa shape index (κ2) is 16.8. The zero-order chi connectivity index (χ0) is 48.9. The number of anilines is 5. The fourth-order valence-electron chi connectivity index (χ4n) is 11.3. The summed E-state index contributed by atoms with van der Waals surface area (Å²) in [6, 6.07) is 72.3. The molecule has 11 rings (SSSR count). The molecule has 0 radical (unpaired) electrons. The first-order valence-electron chi connectivity index (χ1n) is 25.3. The van der Waals surface area contributed by atoms with Crippen molar-refractivity contribution in [2.75, 3.05) is 9.71 Å². The molecule has 2 aliphatic heterocycles. The third-order valence-electron chi connectivity index (χ3n) is 15.2. The highest BCUT2D eigenvalue weighted by Gasteiger charge is 2.46. The lowest BCUT2D eigenvalue weighted by Gasteiger charge is -2.46. The molecule has 0 saturated heterocycles. The molecule has 0 amide bonds. The van der Waals surface area contributed by atoms with E-state index >= 15 is 0 Å². The van der Waals surface area contributed by atoms with Crippen LogP contribution in [0.4, 0.5) is 28.4 Å². The van der Waals surface area contributed by atoms with Crippen molar-refractivity contribution in [3.05, 3.63) is 233 Å². The number of nitrogens with zero attached hydrogens (tertiary/aromatic N) is 2. The summed E-state index contributed by atoms with van der Waals surface area (Å²) in [5, 5.41) is 2.49. The van der Waals surface area contributed by atoms with E-state index in [4.69, 9.17) is 0 Å². The summed E-state index contributed by atoms with van der Waals surface area (Å²) in [6.07, 6.45) is 0. The van der Waals surface area contributed by atoms with Crippen LogP contribution in [0.15, 0.2) is 188 Å². The van der Waals surface area contributed by atoms with E-state index < -0.39 is 0 Å². The molecule has 9 aromatic rings. The van der Waals surface area contributed by atoms with Crippen LogP contribution >= 0.6 is 0 Å². The highest BCUT2D eigenvalue weighted by Crippen LogP contribution is 2.49. The summed E-state index contributed by atoms with van der Waals surface area (Å²) in [5.41, 5.74) is 24.2. The van der Waals surface area contributed by atoms with Gasteiger partial charge in [0.05, 0.1) is 0 Å². The monoisotopic (exact) mass is 909 g/mol. The van der Waals surface area contributed by atoms with Gasteiger partial charge in [-0.3, -0.25) is 0 Å². The largest absolute Gasteiger partial charge is 0.376 e. The summed E-state index contributed by atoms with van der Waals surface area (Å²) in [4.78, 5) is 5.26. The van der Waals surface area contributed by atoms with Crippen molar-refractivity contribution in [2.24, 2.45) is 0 Å². The Kier molecular flexibility index (Phi) is 10.9. The number of hydrogen-bond donors (Lipinski definition) is 0. The van der Waals surface area contributed by atoms with Crippen LogP contribution in [0.2, 0.25) is 0 Å². The van der Waals surface area contributed by atoms with Gasteiger partial charge in [0.2, 0.25) is 0 Å². The second-order valence-electron chi connectivity index (χ2n) is 23.2. The van der Waals surface area contributed by atoms with Crippen molar-refractivity contribution in [2.45, 2.75) is 98.3 Å². The lowest BCUT2D eigenvalue weighted by Crippen LogP contribution is -2.61. The molecule has 9 aromatic carbocycles. The zero-order valence-electron chi connectivity index (χ0n) is 42.9. The topological polar surface area (TPSA) is 6.48 Å². The second-order valence-corrected chi connectivity index (χ2v) is 23.2. The molecular weight excluding hydrogens is 844 g/mol. The molecule has 0 saturated carbocycles. The average Bonchev–Trinajstić information content (AvgIpc) is 3.33. The molecule has 0 aromatic heterocycles. The van der Waals surface area contributed by atoms with E-state index in [9.17, 15) is 0 Å². The molecule has 0 aliphatic carbocycles. The lowest BCUT2D eigenvalue weighted by molar-refractivity contribution is 0.589. The standard InChI is InChI=1S/C67H65BN2/c1-43-37-57-56-40-48-19-15-16-20-49(48)42-61(56)70(55-33-31-54(32-34-55)67(9,10)11)68-58-41-51(63(46-21-27-52(28-22-46)65(3,4)5)47-23-29-53(30-24-47)66(6,7)8)26-36-60(58)69(62(38-43)64(57)68)59-35-25-50(39-44(59)2)45-17-13-12-14-18-45/h12-42,63H,1-11H3. The maximum Gasteiger partial charge on any atom is 0.333 e. The number of aryl methyl sites for hydroxylation is 2. The fraction of sp³-hybridized carbons (Fsp3) is 0.224. The summed E-state index contributed by atoms with van der Waals surface area (Å²) in [6.45, 7) is 25.2. The molecule has 2 nitrogen and oxygen atoms in total. The Morgan fingerprint density at radius 3 is 1.50 bits per heavy atom. The molecule has 2 aliphatic rings. The summed E-state index contributed by atoms with van der Waals surface area (Å²) in [7, 11) is 0. The van der Waals surface area contributed by atoms with Crippen molar-refractivity contribution in [1.82, 2.24) is 0 Å². The van der Waals surface area contributed by atoms with E-state index in [1.54, 1.807) is 0 Å². The van der Waals surface area contributed by atoms with Gasteiger partial charge in [-0.15, -0.1) is 0 Å². The number of fused-ring (bicyclic) bond motifs is 5. The Hall–Kier alpha value is -7.10. The SMILES string of the molecule is Cc1cc2c3c(c1)N(c1ccc(-c4ccccc4)cc1C)c1ccc(C(c4ccc(C(C)(C)C)cc4)c4ccc(C(C)(C)C)cc4)cc1B3N(c1ccc(C(C)(C)C)cc1)c1cc3ccccc3cc1-2. The van der Waals surface area contributed by atoms with E-state index in [1.807, 2.05) is 0 Å². The number of rotatable bonds is 6. The molecule has 346 valence electrons. The third-order valence-corrected chi connectivity index (χ3v) is 15.2. The Bertz CT molecular complexity index is 3380. The quantitative estimate of drug-likeness (QED) is 0.121. The predicted molar refractivity (Wildman–Crippen MR) is 303 cm³/mol. The van der Waals surface area contributed by atoms with Crippen LogP contribution in [0.25, 0.3) is 33.0 Å². The van der Waals surface area contributed by atoms with Crippen molar-refractivity contribution in [3.8, 4) is 22.3 Å². The van der Waals surface area contributed by atoms with Gasteiger partial charge in [-0.25, -0.2) is 0 Å². The van der Waals surface area contributed by atoms with Crippen LogP contribution < -0.4 is 20.6 Å². The first-order chi connectivity index (χ1) is 33.4. The van der Waals surface area contributed by atoms with E-state index in [2.05, 4.69) is 274 Å². The predicted octanol–water partition coefficient (Wildman–Crippen LogP) is 16.9. The third kappa shape index (κ3) is 7.94. The molecule has 0 bridgehead atoms. The highest BCUT2D eigenvalue weighted by atomic mass is 15.2. The molecule has 0 fully saturated rings. The van der Waals surface area contributed by atoms with Crippen molar-refractivity contribution in [1.29, 1.82) is 0 Å². The Labute approximate surface area is 417 Å². The number of hydrogen-bond acceptors (Lipinski definition) is 2. The molecule has 2 heterocycles. The van der Waals surface area contributed by atoms with E-state index in [0.717, 1.165) is 0 Å². The van der Waals surface area contributed by atoms with E-state index in [1.165, 1.54) is 117 Å². The summed E-state index contributed by atoms with van der Waals surface area (Å²) in [5.74, 6) is 0.00639. The van der Waals surface area contributed by atoms with Crippen LogP contribution in [-0.2, 0) is 16.2 Å². The van der Waals surface area contributed by atoms with Crippen LogP contribution in [0.3, 0.4) is 0 Å². The van der Waals surface area contributed by atoms with Gasteiger partial charge in [0.15, 0.2) is 0 Å².